The molecule has 166 valence electrons. The molecule has 2 aromatic carbocycles. The van der Waals surface area contributed by atoms with Gasteiger partial charge < -0.3 is 15.6 Å². The SMILES string of the molecule is NC(CC=O)(C(=O)O)C1c2ccccc2N(C(=O)N2CCc3ccccc32)C2CCCC21. The molecule has 2 aliphatic heterocycles. The Morgan fingerprint density at radius 2 is 1.81 bits per heavy atom. The van der Waals surface area contributed by atoms with Gasteiger partial charge in [-0.25, -0.2) is 4.79 Å². The molecule has 5 rings (SSSR count). The van der Waals surface area contributed by atoms with Crippen molar-refractivity contribution < 1.29 is 19.5 Å². The number of nitrogens with two attached hydrogens (primary N) is 1. The fourth-order valence-electron chi connectivity index (χ4n) is 6.11. The lowest BCUT2D eigenvalue weighted by Crippen LogP contribution is -2.61. The van der Waals surface area contributed by atoms with E-state index in [1.165, 1.54) is 0 Å². The lowest BCUT2D eigenvalue weighted by Gasteiger charge is -2.48. The topological polar surface area (TPSA) is 104 Å². The van der Waals surface area contributed by atoms with Gasteiger partial charge in [0.05, 0.1) is 0 Å². The van der Waals surface area contributed by atoms with E-state index >= 15 is 0 Å². The van der Waals surface area contributed by atoms with E-state index in [1.807, 2.05) is 52.3 Å². The van der Waals surface area contributed by atoms with Crippen LogP contribution in [-0.2, 0) is 16.0 Å². The van der Waals surface area contributed by atoms with Gasteiger partial charge in [-0.05, 0) is 48.4 Å². The largest absolute Gasteiger partial charge is 0.480 e. The second-order valence-corrected chi connectivity index (χ2v) is 9.10. The number of fused-ring (bicyclic) bond motifs is 3. The van der Waals surface area contributed by atoms with Crippen molar-refractivity contribution in [3.05, 3.63) is 59.7 Å². The maximum absolute atomic E-state index is 13.9. The molecule has 1 fully saturated rings. The Bertz CT molecular complexity index is 1090. The Labute approximate surface area is 186 Å². The van der Waals surface area contributed by atoms with Crippen LogP contribution >= 0.6 is 0 Å². The molecule has 3 aliphatic rings. The van der Waals surface area contributed by atoms with E-state index < -0.39 is 17.4 Å². The smallest absolute Gasteiger partial charge is 0.329 e. The predicted molar refractivity (Wildman–Crippen MR) is 121 cm³/mol. The van der Waals surface area contributed by atoms with Gasteiger partial charge in [0.2, 0.25) is 0 Å². The molecule has 2 amide bonds. The molecular formula is C25H27N3O4. The van der Waals surface area contributed by atoms with Crippen LogP contribution < -0.4 is 15.5 Å². The minimum absolute atomic E-state index is 0.0777. The molecule has 0 saturated heterocycles. The predicted octanol–water partition coefficient (Wildman–Crippen LogP) is 3.31. The third kappa shape index (κ3) is 2.95. The average Bonchev–Trinajstić information content (AvgIpc) is 3.44. The molecule has 0 bridgehead atoms. The number of aliphatic carboxylic acids is 1. The molecule has 0 radical (unpaired) electrons. The lowest BCUT2D eigenvalue weighted by molar-refractivity contribution is -0.146. The molecule has 3 N–H and O–H groups in total. The van der Waals surface area contributed by atoms with Crippen LogP contribution in [0.4, 0.5) is 16.2 Å². The first kappa shape index (κ1) is 20.7. The second kappa shape index (κ2) is 7.74. The van der Waals surface area contributed by atoms with Crippen LogP contribution in [0.25, 0.3) is 0 Å². The number of anilines is 2. The molecule has 7 heteroatoms. The van der Waals surface area contributed by atoms with E-state index in [0.29, 0.717) is 18.5 Å². The number of hydrogen-bond acceptors (Lipinski definition) is 4. The third-order valence-electron chi connectivity index (χ3n) is 7.52. The van der Waals surface area contributed by atoms with E-state index in [9.17, 15) is 19.5 Å². The highest BCUT2D eigenvalue weighted by atomic mass is 16.4. The highest BCUT2D eigenvalue weighted by Crippen LogP contribution is 2.53. The van der Waals surface area contributed by atoms with E-state index in [2.05, 4.69) is 6.07 Å². The monoisotopic (exact) mass is 433 g/mol. The zero-order chi connectivity index (χ0) is 22.5. The van der Waals surface area contributed by atoms with Crippen LogP contribution in [0.1, 0.15) is 42.7 Å². The quantitative estimate of drug-likeness (QED) is 0.720. The maximum atomic E-state index is 13.9. The van der Waals surface area contributed by atoms with Crippen molar-refractivity contribution in [2.75, 3.05) is 16.3 Å². The lowest BCUT2D eigenvalue weighted by atomic mass is 9.66. The Morgan fingerprint density at radius 3 is 2.56 bits per heavy atom. The minimum Gasteiger partial charge on any atom is -0.480 e. The van der Waals surface area contributed by atoms with Gasteiger partial charge in [-0.2, -0.15) is 0 Å². The molecular weight excluding hydrogens is 406 g/mol. The zero-order valence-corrected chi connectivity index (χ0v) is 17.8. The molecule has 4 unspecified atom stereocenters. The maximum Gasteiger partial charge on any atom is 0.329 e. The summed E-state index contributed by atoms with van der Waals surface area (Å²) >= 11 is 0. The van der Waals surface area contributed by atoms with E-state index in [-0.39, 0.29) is 24.4 Å². The summed E-state index contributed by atoms with van der Waals surface area (Å²) in [6.45, 7) is 0.624. The summed E-state index contributed by atoms with van der Waals surface area (Å²) in [5.41, 5.74) is 8.29. The number of nitrogens with zero attached hydrogens (tertiary/aromatic N) is 2. The summed E-state index contributed by atoms with van der Waals surface area (Å²) in [7, 11) is 0. The highest BCUT2D eigenvalue weighted by molar-refractivity contribution is 6.06. The van der Waals surface area contributed by atoms with Gasteiger partial charge in [0.1, 0.15) is 11.8 Å². The number of aldehydes is 1. The number of carbonyl (C=O) groups excluding carboxylic acids is 2. The summed E-state index contributed by atoms with van der Waals surface area (Å²) in [5, 5.41) is 10.0. The van der Waals surface area contributed by atoms with Crippen LogP contribution in [-0.4, -0.2) is 41.5 Å². The highest BCUT2D eigenvalue weighted by Gasteiger charge is 2.55. The normalized spacial score (nSPS) is 25.5. The van der Waals surface area contributed by atoms with Gasteiger partial charge in [-0.1, -0.05) is 42.8 Å². The number of rotatable bonds is 4. The zero-order valence-electron chi connectivity index (χ0n) is 17.8. The van der Waals surface area contributed by atoms with Crippen LogP contribution in [0.5, 0.6) is 0 Å². The Balaban J connectivity index is 1.62. The first-order valence-corrected chi connectivity index (χ1v) is 11.2. The third-order valence-corrected chi connectivity index (χ3v) is 7.52. The molecule has 32 heavy (non-hydrogen) atoms. The van der Waals surface area contributed by atoms with Gasteiger partial charge >= 0.3 is 12.0 Å². The standard InChI is InChI=1S/C25H27N3O4/c26-25(13-15-29,23(30)31)22-17-7-2-4-10-20(17)28(21-11-5-8-18(21)22)24(32)27-14-12-16-6-1-3-9-19(16)27/h1-4,6-7,9-10,15,18,21-22H,5,8,11-14,26H2,(H,30,31). The summed E-state index contributed by atoms with van der Waals surface area (Å²) in [4.78, 5) is 41.4. The Kier molecular flexibility index (Phi) is 5.01. The summed E-state index contributed by atoms with van der Waals surface area (Å²) < 4.78 is 0. The molecule has 2 aromatic rings. The van der Waals surface area contributed by atoms with E-state index in [1.54, 1.807) is 0 Å². The molecule has 4 atom stereocenters. The van der Waals surface area contributed by atoms with Crippen molar-refractivity contribution in [2.24, 2.45) is 11.7 Å². The van der Waals surface area contributed by atoms with Crippen molar-refractivity contribution in [3.63, 3.8) is 0 Å². The van der Waals surface area contributed by atoms with Crippen LogP contribution in [0.15, 0.2) is 48.5 Å². The van der Waals surface area contributed by atoms with Crippen LogP contribution in [0, 0.1) is 5.92 Å². The van der Waals surface area contributed by atoms with Crippen molar-refractivity contribution in [1.29, 1.82) is 0 Å². The number of carboxylic acids is 1. The molecule has 2 heterocycles. The molecule has 1 aliphatic carbocycles. The van der Waals surface area contributed by atoms with Gasteiger partial charge in [0.15, 0.2) is 0 Å². The summed E-state index contributed by atoms with van der Waals surface area (Å²) in [6.07, 6.45) is 3.59. The summed E-state index contributed by atoms with van der Waals surface area (Å²) in [5.74, 6) is -1.83. The number of carbonyl (C=O) groups is 3. The van der Waals surface area contributed by atoms with Crippen LogP contribution in [0.3, 0.4) is 0 Å². The van der Waals surface area contributed by atoms with Gasteiger partial charge in [-0.3, -0.25) is 14.6 Å². The molecule has 0 aromatic heterocycles. The van der Waals surface area contributed by atoms with E-state index in [0.717, 1.165) is 42.5 Å². The number of para-hydroxylation sites is 2. The molecule has 7 nitrogen and oxygen atoms in total. The number of benzene rings is 2. The number of urea groups is 1. The van der Waals surface area contributed by atoms with Crippen molar-refractivity contribution in [3.8, 4) is 0 Å². The first-order valence-electron chi connectivity index (χ1n) is 11.2. The Morgan fingerprint density at radius 1 is 1.09 bits per heavy atom. The summed E-state index contributed by atoms with van der Waals surface area (Å²) in [6, 6.07) is 15.2. The van der Waals surface area contributed by atoms with Crippen molar-refractivity contribution in [1.82, 2.24) is 0 Å². The number of carboxylic acid groups (broad SMARTS) is 1. The fraction of sp³-hybridized carbons (Fsp3) is 0.400. The van der Waals surface area contributed by atoms with Crippen LogP contribution in [0.2, 0.25) is 0 Å². The van der Waals surface area contributed by atoms with Gasteiger partial charge in [0.25, 0.3) is 0 Å². The molecule has 0 spiro atoms. The fourth-order valence-corrected chi connectivity index (χ4v) is 6.11. The minimum atomic E-state index is -1.71. The number of amides is 2. The van der Waals surface area contributed by atoms with Gasteiger partial charge in [-0.15, -0.1) is 0 Å². The first-order chi connectivity index (χ1) is 15.5. The average molecular weight is 434 g/mol. The van der Waals surface area contributed by atoms with Crippen molar-refractivity contribution in [2.45, 2.75) is 49.6 Å². The van der Waals surface area contributed by atoms with Gasteiger partial charge in [0, 0.05) is 36.3 Å². The second-order valence-electron chi connectivity index (χ2n) is 9.10. The number of hydrogen-bond donors (Lipinski definition) is 2. The Hall–Kier alpha value is -3.19. The molecule has 1 saturated carbocycles. The van der Waals surface area contributed by atoms with E-state index in [4.69, 9.17) is 5.73 Å². The van der Waals surface area contributed by atoms with Crippen molar-refractivity contribution >= 4 is 29.7 Å².